The van der Waals surface area contributed by atoms with Crippen LogP contribution in [0.1, 0.15) is 71.1 Å². The van der Waals surface area contributed by atoms with Gasteiger partial charge < -0.3 is 9.84 Å². The van der Waals surface area contributed by atoms with E-state index in [0.29, 0.717) is 17.6 Å². The normalized spacial score (nSPS) is 19.1. The molecule has 0 bridgehead atoms. The molecular formula is C21H31BrO4. The SMILES string of the molecule is CCCCCCC=CC1=C(O)C(Br)C(=O)C1=CCCCCCC(=O)OC. The molecule has 0 aromatic rings. The Bertz CT molecular complexity index is 560. The fourth-order valence-electron chi connectivity index (χ4n) is 2.88. The maximum absolute atomic E-state index is 12.3. The number of hydrogen-bond donors (Lipinski definition) is 1. The van der Waals surface area contributed by atoms with E-state index in [4.69, 9.17) is 0 Å². The van der Waals surface area contributed by atoms with Crippen LogP contribution < -0.4 is 0 Å². The number of hydrogen-bond acceptors (Lipinski definition) is 4. The van der Waals surface area contributed by atoms with Crippen molar-refractivity contribution in [3.63, 3.8) is 0 Å². The summed E-state index contributed by atoms with van der Waals surface area (Å²) in [5, 5.41) is 10.2. The molecule has 0 aliphatic heterocycles. The fraction of sp³-hybridized carbons (Fsp3) is 0.619. The molecule has 1 N–H and O–H groups in total. The van der Waals surface area contributed by atoms with Crippen LogP contribution in [-0.2, 0) is 14.3 Å². The average Bonchev–Trinajstić information content (AvgIpc) is 2.84. The van der Waals surface area contributed by atoms with Gasteiger partial charge in [0.25, 0.3) is 0 Å². The van der Waals surface area contributed by atoms with Crippen molar-refractivity contribution in [1.29, 1.82) is 0 Å². The van der Waals surface area contributed by atoms with Gasteiger partial charge in [-0.25, -0.2) is 0 Å². The van der Waals surface area contributed by atoms with Crippen LogP contribution in [0.4, 0.5) is 0 Å². The molecule has 4 nitrogen and oxygen atoms in total. The standard InChI is InChI=1S/C21H31BrO4/c1-3-4-5-6-7-10-13-16-17(21(25)19(22)20(16)24)14-11-8-9-12-15-18(23)26-2/h10,13-14,19,24H,3-9,11-12,15H2,1-2H3. The third-order valence-corrected chi connectivity index (χ3v) is 5.32. The molecule has 1 unspecified atom stereocenters. The Morgan fingerprint density at radius 2 is 1.85 bits per heavy atom. The topological polar surface area (TPSA) is 63.6 Å². The minimum atomic E-state index is -0.632. The van der Waals surface area contributed by atoms with Crippen molar-refractivity contribution in [1.82, 2.24) is 0 Å². The summed E-state index contributed by atoms with van der Waals surface area (Å²) >= 11 is 3.27. The van der Waals surface area contributed by atoms with Gasteiger partial charge in [-0.05, 0) is 32.1 Å². The fourth-order valence-corrected chi connectivity index (χ4v) is 3.38. The Labute approximate surface area is 165 Å². The van der Waals surface area contributed by atoms with Gasteiger partial charge in [-0.2, -0.15) is 0 Å². The number of alkyl halides is 1. The van der Waals surface area contributed by atoms with Crippen LogP contribution in [0.5, 0.6) is 0 Å². The Hall–Kier alpha value is -1.36. The Morgan fingerprint density at radius 1 is 1.15 bits per heavy atom. The number of methoxy groups -OCH3 is 1. The molecule has 1 aliphatic rings. The molecule has 26 heavy (non-hydrogen) atoms. The highest BCUT2D eigenvalue weighted by atomic mass is 79.9. The predicted molar refractivity (Wildman–Crippen MR) is 108 cm³/mol. The van der Waals surface area contributed by atoms with Crippen LogP contribution >= 0.6 is 15.9 Å². The maximum Gasteiger partial charge on any atom is 0.305 e. The summed E-state index contributed by atoms with van der Waals surface area (Å²) in [5.41, 5.74) is 1.24. The highest BCUT2D eigenvalue weighted by Gasteiger charge is 2.34. The van der Waals surface area contributed by atoms with E-state index in [1.54, 1.807) is 0 Å². The summed E-state index contributed by atoms with van der Waals surface area (Å²) in [6.45, 7) is 2.19. The summed E-state index contributed by atoms with van der Waals surface area (Å²) in [6.07, 6.45) is 15.4. The molecule has 0 saturated carbocycles. The molecule has 5 heteroatoms. The number of ketones is 1. The highest BCUT2D eigenvalue weighted by molar-refractivity contribution is 9.10. The maximum atomic E-state index is 12.3. The first-order valence-electron chi connectivity index (χ1n) is 9.58. The van der Waals surface area contributed by atoms with Gasteiger partial charge in [-0.15, -0.1) is 0 Å². The molecule has 1 atom stereocenters. The van der Waals surface area contributed by atoms with Crippen LogP contribution in [0.25, 0.3) is 0 Å². The summed E-state index contributed by atoms with van der Waals surface area (Å²) in [4.78, 5) is 22.8. The van der Waals surface area contributed by atoms with E-state index in [1.807, 2.05) is 18.2 Å². The van der Waals surface area contributed by atoms with E-state index < -0.39 is 4.83 Å². The monoisotopic (exact) mass is 426 g/mol. The second-order valence-electron chi connectivity index (χ2n) is 6.57. The van der Waals surface area contributed by atoms with Gasteiger partial charge in [-0.3, -0.25) is 9.59 Å². The van der Waals surface area contributed by atoms with Gasteiger partial charge in [-0.1, -0.05) is 66.8 Å². The lowest BCUT2D eigenvalue weighted by Gasteiger charge is -2.02. The molecule has 0 saturated heterocycles. The van der Waals surface area contributed by atoms with Crippen molar-refractivity contribution >= 4 is 27.7 Å². The third-order valence-electron chi connectivity index (χ3n) is 4.47. The highest BCUT2D eigenvalue weighted by Crippen LogP contribution is 2.33. The van der Waals surface area contributed by atoms with Gasteiger partial charge in [0.2, 0.25) is 0 Å². The molecule has 0 aromatic heterocycles. The molecule has 0 fully saturated rings. The zero-order valence-electron chi connectivity index (χ0n) is 15.9. The van der Waals surface area contributed by atoms with Crippen molar-refractivity contribution in [3.05, 3.63) is 35.1 Å². The predicted octanol–water partition coefficient (Wildman–Crippen LogP) is 5.72. The Balaban J connectivity index is 2.53. The number of aliphatic hydroxyl groups is 1. The van der Waals surface area contributed by atoms with E-state index in [2.05, 4.69) is 27.6 Å². The van der Waals surface area contributed by atoms with Gasteiger partial charge in [0.15, 0.2) is 5.78 Å². The summed E-state index contributed by atoms with van der Waals surface area (Å²) in [7, 11) is 1.40. The van der Waals surface area contributed by atoms with Gasteiger partial charge in [0.05, 0.1) is 7.11 Å². The summed E-state index contributed by atoms with van der Waals surface area (Å²) in [5.74, 6) is -0.157. The first kappa shape index (κ1) is 22.7. The number of Topliss-reactive ketones (excluding diaryl/α,β-unsaturated/α-hetero) is 1. The number of allylic oxidation sites excluding steroid dienone is 6. The lowest BCUT2D eigenvalue weighted by Crippen LogP contribution is -2.10. The number of ether oxygens (including phenoxy) is 1. The first-order chi connectivity index (χ1) is 12.5. The zero-order valence-corrected chi connectivity index (χ0v) is 17.5. The third kappa shape index (κ3) is 7.48. The van der Waals surface area contributed by atoms with Crippen LogP contribution in [0.3, 0.4) is 0 Å². The second-order valence-corrected chi connectivity index (χ2v) is 7.49. The van der Waals surface area contributed by atoms with Gasteiger partial charge >= 0.3 is 5.97 Å². The van der Waals surface area contributed by atoms with Crippen molar-refractivity contribution in [2.24, 2.45) is 0 Å². The van der Waals surface area contributed by atoms with Crippen molar-refractivity contribution in [2.45, 2.75) is 76.0 Å². The first-order valence-corrected chi connectivity index (χ1v) is 10.5. The summed E-state index contributed by atoms with van der Waals surface area (Å²) in [6, 6.07) is 0. The van der Waals surface area contributed by atoms with Crippen molar-refractivity contribution in [2.75, 3.05) is 7.11 Å². The molecule has 0 aromatic carbocycles. The van der Waals surface area contributed by atoms with Crippen LogP contribution in [-0.4, -0.2) is 28.8 Å². The number of aliphatic hydroxyl groups excluding tert-OH is 1. The van der Waals surface area contributed by atoms with Crippen LogP contribution in [0.2, 0.25) is 0 Å². The van der Waals surface area contributed by atoms with E-state index in [9.17, 15) is 14.7 Å². The number of unbranched alkanes of at least 4 members (excludes halogenated alkanes) is 7. The number of halogens is 1. The largest absolute Gasteiger partial charge is 0.510 e. The molecular weight excluding hydrogens is 396 g/mol. The van der Waals surface area contributed by atoms with E-state index in [-0.39, 0.29) is 17.5 Å². The molecule has 0 heterocycles. The zero-order chi connectivity index (χ0) is 19.4. The minimum Gasteiger partial charge on any atom is -0.510 e. The smallest absolute Gasteiger partial charge is 0.305 e. The Kier molecular flexibility index (Phi) is 11.3. The number of rotatable bonds is 12. The van der Waals surface area contributed by atoms with Crippen LogP contribution in [0.15, 0.2) is 35.1 Å². The van der Waals surface area contributed by atoms with E-state index in [0.717, 1.165) is 38.5 Å². The lowest BCUT2D eigenvalue weighted by atomic mass is 10.0. The van der Waals surface area contributed by atoms with Crippen molar-refractivity contribution in [3.8, 4) is 0 Å². The molecule has 0 spiro atoms. The molecule has 1 rings (SSSR count). The van der Waals surface area contributed by atoms with Crippen molar-refractivity contribution < 1.29 is 19.4 Å². The quantitative estimate of drug-likeness (QED) is 0.187. The van der Waals surface area contributed by atoms with Gasteiger partial charge in [0.1, 0.15) is 10.6 Å². The molecule has 0 radical (unpaired) electrons. The lowest BCUT2D eigenvalue weighted by molar-refractivity contribution is -0.140. The number of esters is 1. The summed E-state index contributed by atoms with van der Waals surface area (Å²) < 4.78 is 4.62. The minimum absolute atomic E-state index is 0.0808. The average molecular weight is 427 g/mol. The van der Waals surface area contributed by atoms with E-state index in [1.165, 1.54) is 26.4 Å². The number of carbonyl (C=O) groups is 2. The second kappa shape index (κ2) is 12.9. The van der Waals surface area contributed by atoms with Gasteiger partial charge in [0, 0.05) is 17.6 Å². The molecule has 146 valence electrons. The molecule has 0 amide bonds. The van der Waals surface area contributed by atoms with Crippen LogP contribution in [0, 0.1) is 0 Å². The molecule has 1 aliphatic carbocycles. The van der Waals surface area contributed by atoms with E-state index >= 15 is 0 Å². The number of carbonyl (C=O) groups excluding carboxylic acids is 2. The Morgan fingerprint density at radius 3 is 2.54 bits per heavy atom.